The predicted molar refractivity (Wildman–Crippen MR) is 129 cm³/mol. The minimum absolute atomic E-state index is 0.144. The molecule has 34 heavy (non-hydrogen) atoms. The molecule has 2 aromatic carbocycles. The molecule has 0 aliphatic heterocycles. The van der Waals surface area contributed by atoms with Crippen LogP contribution in [0.25, 0.3) is 11.6 Å². The van der Waals surface area contributed by atoms with Gasteiger partial charge in [0.25, 0.3) is 5.91 Å². The Bertz CT molecular complexity index is 1350. The first-order valence-electron chi connectivity index (χ1n) is 10.8. The van der Waals surface area contributed by atoms with Crippen molar-refractivity contribution in [2.24, 2.45) is 0 Å². The average Bonchev–Trinajstić information content (AvgIpc) is 3.65. The Morgan fingerprint density at radius 1 is 0.882 bits per heavy atom. The summed E-state index contributed by atoms with van der Waals surface area (Å²) in [4.78, 5) is 12.8. The van der Waals surface area contributed by atoms with Gasteiger partial charge in [0.1, 0.15) is 5.76 Å². The van der Waals surface area contributed by atoms with E-state index in [1.807, 2.05) is 65.2 Å². The van der Waals surface area contributed by atoms with Crippen LogP contribution in [-0.2, 0) is 18.8 Å². The summed E-state index contributed by atoms with van der Waals surface area (Å²) >= 11 is 1.53. The Kier molecular flexibility index (Phi) is 6.58. The van der Waals surface area contributed by atoms with Crippen LogP contribution in [0.3, 0.4) is 0 Å². The van der Waals surface area contributed by atoms with E-state index in [2.05, 4.69) is 27.6 Å². The molecule has 0 atom stereocenters. The fourth-order valence-electron chi connectivity index (χ4n) is 3.58. The molecule has 0 unspecified atom stereocenters. The minimum Gasteiger partial charge on any atom is -0.467 e. The number of thioether (sulfide) groups is 1. The van der Waals surface area contributed by atoms with Crippen molar-refractivity contribution in [2.45, 2.75) is 24.0 Å². The maximum atomic E-state index is 12.8. The van der Waals surface area contributed by atoms with Gasteiger partial charge in [0.05, 0.1) is 25.6 Å². The molecule has 1 amide bonds. The minimum atomic E-state index is -0.144. The summed E-state index contributed by atoms with van der Waals surface area (Å²) < 4.78 is 12.9. The zero-order valence-electron chi connectivity index (χ0n) is 18.3. The number of hydrogen-bond acceptors (Lipinski definition) is 6. The van der Waals surface area contributed by atoms with Crippen LogP contribution in [0.1, 0.15) is 27.2 Å². The molecule has 0 saturated carbocycles. The van der Waals surface area contributed by atoms with Crippen molar-refractivity contribution in [1.29, 1.82) is 0 Å². The van der Waals surface area contributed by atoms with Gasteiger partial charge in [-0.1, -0.05) is 60.3 Å². The summed E-state index contributed by atoms with van der Waals surface area (Å²) in [6.07, 6.45) is 3.22. The number of hydrogen-bond donors (Lipinski definition) is 1. The number of amides is 1. The van der Waals surface area contributed by atoms with E-state index in [0.29, 0.717) is 41.8 Å². The molecule has 0 aliphatic carbocycles. The molecule has 3 aromatic heterocycles. The second-order valence-electron chi connectivity index (χ2n) is 7.56. The van der Waals surface area contributed by atoms with Crippen molar-refractivity contribution in [3.63, 3.8) is 0 Å². The number of furan rings is 2. The lowest BCUT2D eigenvalue weighted by atomic mass is 10.1. The Hall–Kier alpha value is -4.04. The van der Waals surface area contributed by atoms with Crippen LogP contribution in [0, 0.1) is 0 Å². The fourth-order valence-corrected chi connectivity index (χ4v) is 4.52. The summed E-state index contributed by atoms with van der Waals surface area (Å²) in [5, 5.41) is 12.5. The van der Waals surface area contributed by atoms with Gasteiger partial charge in [-0.25, -0.2) is 0 Å². The van der Waals surface area contributed by atoms with E-state index < -0.39 is 0 Å². The normalized spacial score (nSPS) is 10.9. The van der Waals surface area contributed by atoms with Gasteiger partial charge in [-0.3, -0.25) is 9.36 Å². The summed E-state index contributed by atoms with van der Waals surface area (Å²) in [6, 6.07) is 25.1. The molecule has 1 N–H and O–H groups in total. The molecule has 0 fully saturated rings. The molecule has 0 radical (unpaired) electrons. The van der Waals surface area contributed by atoms with Crippen molar-refractivity contribution in [1.82, 2.24) is 20.1 Å². The second-order valence-corrected chi connectivity index (χ2v) is 8.51. The Balaban J connectivity index is 1.36. The van der Waals surface area contributed by atoms with Gasteiger partial charge in [-0.2, -0.15) is 0 Å². The van der Waals surface area contributed by atoms with Crippen LogP contribution >= 0.6 is 11.8 Å². The summed E-state index contributed by atoms with van der Waals surface area (Å²) in [5.74, 6) is 2.46. The first kappa shape index (κ1) is 21.8. The van der Waals surface area contributed by atoms with Crippen molar-refractivity contribution < 1.29 is 13.6 Å². The van der Waals surface area contributed by atoms with Gasteiger partial charge in [-0.15, -0.1) is 10.2 Å². The molecule has 0 bridgehead atoms. The van der Waals surface area contributed by atoms with Gasteiger partial charge < -0.3 is 14.2 Å². The lowest BCUT2D eigenvalue weighted by Crippen LogP contribution is -2.23. The third-order valence-electron chi connectivity index (χ3n) is 5.26. The van der Waals surface area contributed by atoms with E-state index in [1.165, 1.54) is 11.8 Å². The molecule has 8 heteroatoms. The fraction of sp³-hybridized carbons (Fsp3) is 0.115. The van der Waals surface area contributed by atoms with Gasteiger partial charge in [-0.05, 0) is 41.5 Å². The molecule has 0 saturated heterocycles. The number of aromatic nitrogens is 3. The molecular formula is C26H22N4O3S. The van der Waals surface area contributed by atoms with Gasteiger partial charge in [0.15, 0.2) is 10.9 Å². The monoisotopic (exact) mass is 470 g/mol. The van der Waals surface area contributed by atoms with E-state index in [9.17, 15) is 4.79 Å². The first-order chi connectivity index (χ1) is 16.8. The highest BCUT2D eigenvalue weighted by atomic mass is 32.2. The lowest BCUT2D eigenvalue weighted by molar-refractivity contribution is 0.0947. The van der Waals surface area contributed by atoms with Crippen LogP contribution in [-0.4, -0.2) is 20.7 Å². The van der Waals surface area contributed by atoms with Crippen molar-refractivity contribution in [3.8, 4) is 11.6 Å². The van der Waals surface area contributed by atoms with E-state index >= 15 is 0 Å². The molecule has 0 aliphatic rings. The smallest absolute Gasteiger partial charge is 0.251 e. The summed E-state index contributed by atoms with van der Waals surface area (Å²) in [5.41, 5.74) is 2.68. The van der Waals surface area contributed by atoms with Crippen molar-refractivity contribution in [2.75, 3.05) is 0 Å². The Labute approximate surface area is 200 Å². The van der Waals surface area contributed by atoms with E-state index in [0.717, 1.165) is 16.3 Å². The van der Waals surface area contributed by atoms with E-state index in [-0.39, 0.29) is 5.91 Å². The van der Waals surface area contributed by atoms with Gasteiger partial charge >= 0.3 is 0 Å². The molecular weight excluding hydrogens is 448 g/mol. The van der Waals surface area contributed by atoms with Crippen LogP contribution in [0.4, 0.5) is 0 Å². The average molecular weight is 471 g/mol. The molecule has 5 aromatic rings. The maximum absolute atomic E-state index is 12.8. The van der Waals surface area contributed by atoms with Crippen LogP contribution in [0.15, 0.2) is 105 Å². The number of carbonyl (C=O) groups is 1. The Morgan fingerprint density at radius 3 is 2.47 bits per heavy atom. The largest absolute Gasteiger partial charge is 0.467 e. The summed E-state index contributed by atoms with van der Waals surface area (Å²) in [7, 11) is 0. The van der Waals surface area contributed by atoms with Crippen LogP contribution in [0.5, 0.6) is 0 Å². The van der Waals surface area contributed by atoms with Crippen LogP contribution in [0.2, 0.25) is 0 Å². The SMILES string of the molecule is O=C(NCc1ccco1)c1ccccc1CSc1nnc(-c2ccco2)n1Cc1ccccc1. The molecule has 0 spiro atoms. The topological polar surface area (TPSA) is 86.1 Å². The second kappa shape index (κ2) is 10.3. The highest BCUT2D eigenvalue weighted by molar-refractivity contribution is 7.98. The number of rotatable bonds is 9. The third-order valence-corrected chi connectivity index (χ3v) is 6.28. The van der Waals surface area contributed by atoms with Crippen molar-refractivity contribution >= 4 is 17.7 Å². The molecule has 170 valence electrons. The zero-order chi connectivity index (χ0) is 23.2. The number of nitrogens with one attached hydrogen (secondary N) is 1. The van der Waals surface area contributed by atoms with E-state index in [4.69, 9.17) is 8.83 Å². The maximum Gasteiger partial charge on any atom is 0.251 e. The molecule has 5 rings (SSSR count). The highest BCUT2D eigenvalue weighted by Gasteiger charge is 2.18. The quantitative estimate of drug-likeness (QED) is 0.290. The number of carbonyl (C=O) groups excluding carboxylic acids is 1. The summed E-state index contributed by atoms with van der Waals surface area (Å²) in [6.45, 7) is 0.947. The zero-order valence-corrected chi connectivity index (χ0v) is 19.1. The van der Waals surface area contributed by atoms with E-state index in [1.54, 1.807) is 18.6 Å². The predicted octanol–water partition coefficient (Wildman–Crippen LogP) is 5.40. The molecule has 7 nitrogen and oxygen atoms in total. The number of benzene rings is 2. The Morgan fingerprint density at radius 2 is 1.68 bits per heavy atom. The van der Waals surface area contributed by atoms with Crippen LogP contribution < -0.4 is 5.32 Å². The highest BCUT2D eigenvalue weighted by Crippen LogP contribution is 2.28. The van der Waals surface area contributed by atoms with Gasteiger partial charge in [0.2, 0.25) is 5.82 Å². The molecule has 3 heterocycles. The third kappa shape index (κ3) is 4.97. The standard InChI is InChI=1S/C26H22N4O3S/c31-25(27-16-21-11-6-14-32-21)22-12-5-4-10-20(22)18-34-26-29-28-24(23-13-7-15-33-23)30(26)17-19-8-2-1-3-9-19/h1-15H,16-18H2,(H,27,31). The lowest BCUT2D eigenvalue weighted by Gasteiger charge is -2.11. The number of nitrogens with zero attached hydrogens (tertiary/aromatic N) is 3. The van der Waals surface area contributed by atoms with Gasteiger partial charge in [0, 0.05) is 11.3 Å². The van der Waals surface area contributed by atoms with Crippen molar-refractivity contribution in [3.05, 3.63) is 114 Å². The first-order valence-corrected chi connectivity index (χ1v) is 11.8.